The second kappa shape index (κ2) is 5.11. The highest BCUT2D eigenvalue weighted by Crippen LogP contribution is 2.03. The van der Waals surface area contributed by atoms with Gasteiger partial charge in [-0.1, -0.05) is 48.6 Å². The Morgan fingerprint density at radius 2 is 1.87 bits per heavy atom. The molecule has 0 aliphatic carbocycles. The molecule has 0 unspecified atom stereocenters. The molecule has 0 aliphatic heterocycles. The van der Waals surface area contributed by atoms with Crippen molar-refractivity contribution in [2.75, 3.05) is 0 Å². The first kappa shape index (κ1) is 9.66. The van der Waals surface area contributed by atoms with Gasteiger partial charge in [0, 0.05) is 12.4 Å². The number of allylic oxidation sites excluding steroid dienone is 1. The smallest absolute Gasteiger partial charge is 0.0303 e. The minimum atomic E-state index is 0.933. The molecule has 0 saturated carbocycles. The molecular weight excluding hydrogens is 182 g/mol. The zero-order chi connectivity index (χ0) is 10.3. The summed E-state index contributed by atoms with van der Waals surface area (Å²) in [6, 6.07) is 14.4. The van der Waals surface area contributed by atoms with Crippen LogP contribution in [0.2, 0.25) is 0 Å². The first-order valence-corrected chi connectivity index (χ1v) is 5.05. The van der Waals surface area contributed by atoms with Gasteiger partial charge in [0.2, 0.25) is 0 Å². The molecule has 0 spiro atoms. The van der Waals surface area contributed by atoms with E-state index in [9.17, 15) is 0 Å². The Morgan fingerprint density at radius 3 is 2.60 bits per heavy atom. The number of aromatic nitrogens is 1. The number of rotatable bonds is 3. The van der Waals surface area contributed by atoms with Crippen molar-refractivity contribution in [2.45, 2.75) is 6.42 Å². The van der Waals surface area contributed by atoms with E-state index < -0.39 is 0 Å². The van der Waals surface area contributed by atoms with Crippen molar-refractivity contribution in [3.63, 3.8) is 0 Å². The molecule has 1 nitrogen and oxygen atoms in total. The monoisotopic (exact) mass is 195 g/mol. The van der Waals surface area contributed by atoms with Crippen molar-refractivity contribution in [2.24, 2.45) is 0 Å². The zero-order valence-corrected chi connectivity index (χ0v) is 8.51. The SMILES string of the molecule is C(=C\c1ccccc1)/Cc1cccnc1. The lowest BCUT2D eigenvalue weighted by molar-refractivity contribution is 1.19. The van der Waals surface area contributed by atoms with Gasteiger partial charge >= 0.3 is 0 Å². The lowest BCUT2D eigenvalue weighted by Crippen LogP contribution is -1.81. The molecule has 0 amide bonds. The summed E-state index contributed by atoms with van der Waals surface area (Å²) in [5.74, 6) is 0. The predicted octanol–water partition coefficient (Wildman–Crippen LogP) is 3.34. The third-order valence-corrected chi connectivity index (χ3v) is 2.19. The van der Waals surface area contributed by atoms with Crippen LogP contribution in [-0.4, -0.2) is 4.98 Å². The van der Waals surface area contributed by atoms with Gasteiger partial charge in [-0.3, -0.25) is 4.98 Å². The summed E-state index contributed by atoms with van der Waals surface area (Å²) in [6.07, 6.45) is 8.92. The Morgan fingerprint density at radius 1 is 1.00 bits per heavy atom. The van der Waals surface area contributed by atoms with Crippen LogP contribution >= 0.6 is 0 Å². The summed E-state index contributed by atoms with van der Waals surface area (Å²) in [5, 5.41) is 0. The summed E-state index contributed by atoms with van der Waals surface area (Å²) in [4.78, 5) is 4.08. The van der Waals surface area contributed by atoms with E-state index in [1.165, 1.54) is 11.1 Å². The predicted molar refractivity (Wildman–Crippen MR) is 63.4 cm³/mol. The van der Waals surface area contributed by atoms with E-state index >= 15 is 0 Å². The lowest BCUT2D eigenvalue weighted by atomic mass is 10.1. The minimum Gasteiger partial charge on any atom is -0.264 e. The summed E-state index contributed by atoms with van der Waals surface area (Å²) in [5.41, 5.74) is 2.48. The maximum absolute atomic E-state index is 4.08. The van der Waals surface area contributed by atoms with Gasteiger partial charge in [0.1, 0.15) is 0 Å². The molecule has 0 radical (unpaired) electrons. The van der Waals surface area contributed by atoms with Crippen molar-refractivity contribution in [1.29, 1.82) is 0 Å². The summed E-state index contributed by atoms with van der Waals surface area (Å²) in [6.45, 7) is 0. The van der Waals surface area contributed by atoms with Crippen molar-refractivity contribution < 1.29 is 0 Å². The Bertz CT molecular complexity index is 418. The summed E-state index contributed by atoms with van der Waals surface area (Å²) in [7, 11) is 0. The third-order valence-electron chi connectivity index (χ3n) is 2.19. The lowest BCUT2D eigenvalue weighted by Gasteiger charge is -1.94. The molecule has 0 saturated heterocycles. The van der Waals surface area contributed by atoms with E-state index in [-0.39, 0.29) is 0 Å². The van der Waals surface area contributed by atoms with Gasteiger partial charge < -0.3 is 0 Å². The van der Waals surface area contributed by atoms with Gasteiger partial charge in [0.05, 0.1) is 0 Å². The second-order valence-corrected chi connectivity index (χ2v) is 3.38. The Balaban J connectivity index is 1.97. The number of hydrogen-bond acceptors (Lipinski definition) is 1. The van der Waals surface area contributed by atoms with Gasteiger partial charge in [-0.2, -0.15) is 0 Å². The van der Waals surface area contributed by atoms with E-state index in [1.54, 1.807) is 6.20 Å². The topological polar surface area (TPSA) is 12.9 Å². The van der Waals surface area contributed by atoms with Gasteiger partial charge in [-0.05, 0) is 23.6 Å². The van der Waals surface area contributed by atoms with Crippen molar-refractivity contribution in [3.8, 4) is 0 Å². The number of hydrogen-bond donors (Lipinski definition) is 0. The van der Waals surface area contributed by atoms with Crippen LogP contribution in [0.4, 0.5) is 0 Å². The quantitative estimate of drug-likeness (QED) is 0.732. The van der Waals surface area contributed by atoms with Crippen LogP contribution < -0.4 is 0 Å². The highest BCUT2D eigenvalue weighted by atomic mass is 14.6. The number of nitrogens with zero attached hydrogens (tertiary/aromatic N) is 1. The van der Waals surface area contributed by atoms with Gasteiger partial charge in [-0.15, -0.1) is 0 Å². The maximum atomic E-state index is 4.08. The molecule has 2 aromatic rings. The van der Waals surface area contributed by atoms with Crippen molar-refractivity contribution in [1.82, 2.24) is 4.98 Å². The van der Waals surface area contributed by atoms with Crippen LogP contribution in [0, 0.1) is 0 Å². The number of pyridine rings is 1. The molecule has 0 bridgehead atoms. The molecule has 2 rings (SSSR count). The molecule has 1 heterocycles. The van der Waals surface area contributed by atoms with Gasteiger partial charge in [-0.25, -0.2) is 0 Å². The molecule has 74 valence electrons. The van der Waals surface area contributed by atoms with Crippen LogP contribution in [0.1, 0.15) is 11.1 Å². The van der Waals surface area contributed by atoms with E-state index in [2.05, 4.69) is 35.3 Å². The highest BCUT2D eigenvalue weighted by Gasteiger charge is 1.87. The van der Waals surface area contributed by atoms with Crippen molar-refractivity contribution >= 4 is 6.08 Å². The van der Waals surface area contributed by atoms with E-state index in [0.717, 1.165) is 6.42 Å². The molecular formula is C14H13N. The Kier molecular flexibility index (Phi) is 3.29. The first-order chi connectivity index (χ1) is 7.45. The fourth-order valence-corrected chi connectivity index (χ4v) is 1.41. The van der Waals surface area contributed by atoms with Gasteiger partial charge in [0.25, 0.3) is 0 Å². The van der Waals surface area contributed by atoms with Crippen LogP contribution in [-0.2, 0) is 6.42 Å². The average Bonchev–Trinajstić information content (AvgIpc) is 2.32. The Labute approximate surface area is 90.1 Å². The number of benzene rings is 1. The standard InChI is InChI=1S/C14H13N/c1-2-6-13(7-3-1)8-4-9-14-10-5-11-15-12-14/h1-8,10-12H,9H2/b8-4+. The molecule has 0 fully saturated rings. The van der Waals surface area contributed by atoms with E-state index in [1.807, 2.05) is 30.5 Å². The van der Waals surface area contributed by atoms with Crippen LogP contribution in [0.15, 0.2) is 60.9 Å². The van der Waals surface area contributed by atoms with E-state index in [0.29, 0.717) is 0 Å². The van der Waals surface area contributed by atoms with Crippen LogP contribution in [0.25, 0.3) is 6.08 Å². The molecule has 1 aromatic heterocycles. The third kappa shape index (κ3) is 3.06. The van der Waals surface area contributed by atoms with Crippen molar-refractivity contribution in [3.05, 3.63) is 72.1 Å². The maximum Gasteiger partial charge on any atom is 0.0303 e. The second-order valence-electron chi connectivity index (χ2n) is 3.38. The first-order valence-electron chi connectivity index (χ1n) is 5.05. The summed E-state index contributed by atoms with van der Waals surface area (Å²) < 4.78 is 0. The average molecular weight is 195 g/mol. The van der Waals surface area contributed by atoms with Gasteiger partial charge in [0.15, 0.2) is 0 Å². The fourth-order valence-electron chi connectivity index (χ4n) is 1.41. The Hall–Kier alpha value is -1.89. The molecule has 0 atom stereocenters. The molecule has 15 heavy (non-hydrogen) atoms. The van der Waals surface area contributed by atoms with E-state index in [4.69, 9.17) is 0 Å². The molecule has 1 heteroatoms. The molecule has 0 N–H and O–H groups in total. The normalized spacial score (nSPS) is 10.7. The highest BCUT2D eigenvalue weighted by molar-refractivity contribution is 5.49. The largest absolute Gasteiger partial charge is 0.264 e. The molecule has 1 aromatic carbocycles. The van der Waals surface area contributed by atoms with Crippen LogP contribution in [0.5, 0.6) is 0 Å². The minimum absolute atomic E-state index is 0.933. The zero-order valence-electron chi connectivity index (χ0n) is 8.51. The van der Waals surface area contributed by atoms with Crippen LogP contribution in [0.3, 0.4) is 0 Å². The molecule has 0 aliphatic rings. The fraction of sp³-hybridized carbons (Fsp3) is 0.0714. The summed E-state index contributed by atoms with van der Waals surface area (Å²) >= 11 is 0.